The second kappa shape index (κ2) is 8.53. The van der Waals surface area contributed by atoms with Gasteiger partial charge in [-0.25, -0.2) is 4.90 Å². The number of nitrogens with one attached hydrogen (secondary N) is 1. The molecule has 1 aromatic rings. The van der Waals surface area contributed by atoms with Crippen molar-refractivity contribution in [1.82, 2.24) is 4.90 Å². The van der Waals surface area contributed by atoms with Gasteiger partial charge in [0, 0.05) is 19.5 Å². The lowest BCUT2D eigenvalue weighted by Gasteiger charge is -2.32. The molecule has 0 saturated carbocycles. The van der Waals surface area contributed by atoms with Crippen LogP contribution in [0.3, 0.4) is 0 Å². The van der Waals surface area contributed by atoms with E-state index >= 15 is 0 Å². The molecule has 7 nitrogen and oxygen atoms in total. The Bertz CT molecular complexity index is 771. The van der Waals surface area contributed by atoms with E-state index in [1.54, 1.807) is 31.4 Å². The normalized spacial score (nSPS) is 27.8. The summed E-state index contributed by atoms with van der Waals surface area (Å²) in [5.74, 6) is 1.40. The second-order valence-electron chi connectivity index (χ2n) is 8.40. The summed E-state index contributed by atoms with van der Waals surface area (Å²) in [6, 6.07) is 6.79. The van der Waals surface area contributed by atoms with Crippen molar-refractivity contribution in [3.63, 3.8) is 0 Å². The molecule has 3 amide bonds. The Labute approximate surface area is 171 Å². The first kappa shape index (κ1) is 19.9. The van der Waals surface area contributed by atoms with E-state index in [9.17, 15) is 14.4 Å². The standard InChI is InChI=1S/C22H29N3O4/c1-29-18-6-4-17(5-7-18)25-21(27)15-19(22(25)28)23-12-8-16(9-13-23)10-14-24-11-2-3-20(24)26/h4-7,16,19H,2-3,8-15H2,1H3/p+1/t19-/m1/s1. The van der Waals surface area contributed by atoms with Gasteiger partial charge >= 0.3 is 0 Å². The number of carbonyl (C=O) groups excluding carboxylic acids is 3. The Morgan fingerprint density at radius 3 is 2.41 bits per heavy atom. The molecule has 3 saturated heterocycles. The maximum absolute atomic E-state index is 13.0. The molecule has 3 fully saturated rings. The largest absolute Gasteiger partial charge is 0.497 e. The first-order valence-electron chi connectivity index (χ1n) is 10.7. The molecular weight excluding hydrogens is 370 g/mol. The van der Waals surface area contributed by atoms with Crippen LogP contribution in [0.2, 0.25) is 0 Å². The predicted octanol–water partition coefficient (Wildman–Crippen LogP) is 0.635. The number of piperidine rings is 1. The zero-order valence-electron chi connectivity index (χ0n) is 17.1. The smallest absolute Gasteiger partial charge is 0.292 e. The van der Waals surface area contributed by atoms with Gasteiger partial charge in [-0.15, -0.1) is 0 Å². The maximum atomic E-state index is 13.0. The van der Waals surface area contributed by atoms with E-state index in [4.69, 9.17) is 4.74 Å². The minimum Gasteiger partial charge on any atom is -0.497 e. The van der Waals surface area contributed by atoms with E-state index < -0.39 is 0 Å². The number of quaternary nitrogens is 1. The molecule has 4 rings (SSSR count). The van der Waals surface area contributed by atoms with E-state index in [-0.39, 0.29) is 24.3 Å². The van der Waals surface area contributed by atoms with Crippen molar-refractivity contribution in [3.05, 3.63) is 24.3 Å². The molecule has 29 heavy (non-hydrogen) atoms. The minimum atomic E-state index is -0.272. The number of ether oxygens (including phenoxy) is 1. The maximum Gasteiger partial charge on any atom is 0.292 e. The van der Waals surface area contributed by atoms with Gasteiger partial charge in [0.1, 0.15) is 5.75 Å². The van der Waals surface area contributed by atoms with Crippen LogP contribution in [0.5, 0.6) is 5.75 Å². The van der Waals surface area contributed by atoms with Crippen molar-refractivity contribution in [2.24, 2.45) is 5.92 Å². The first-order valence-corrected chi connectivity index (χ1v) is 10.7. The highest BCUT2D eigenvalue weighted by Crippen LogP contribution is 2.25. The first-order chi connectivity index (χ1) is 14.1. The molecule has 0 unspecified atom stereocenters. The summed E-state index contributed by atoms with van der Waals surface area (Å²) < 4.78 is 5.16. The number of likely N-dealkylation sites (tertiary alicyclic amines) is 2. The van der Waals surface area contributed by atoms with Crippen molar-refractivity contribution in [1.29, 1.82) is 0 Å². The van der Waals surface area contributed by atoms with Crippen LogP contribution in [0, 0.1) is 5.92 Å². The molecule has 0 bridgehead atoms. The zero-order valence-corrected chi connectivity index (χ0v) is 17.1. The summed E-state index contributed by atoms with van der Waals surface area (Å²) in [6.07, 6.45) is 5.13. The molecule has 3 aliphatic rings. The number of anilines is 1. The van der Waals surface area contributed by atoms with Crippen LogP contribution in [0.1, 0.15) is 38.5 Å². The number of hydrogen-bond acceptors (Lipinski definition) is 4. The Balaban J connectivity index is 1.31. The molecule has 1 aromatic carbocycles. The van der Waals surface area contributed by atoms with Gasteiger partial charge in [0.2, 0.25) is 11.8 Å². The van der Waals surface area contributed by atoms with Gasteiger partial charge in [0.25, 0.3) is 5.91 Å². The van der Waals surface area contributed by atoms with E-state index in [2.05, 4.69) is 0 Å². The lowest BCUT2D eigenvalue weighted by Crippen LogP contribution is -3.17. The molecule has 3 heterocycles. The lowest BCUT2D eigenvalue weighted by atomic mass is 9.92. The van der Waals surface area contributed by atoms with Gasteiger partial charge < -0.3 is 14.5 Å². The number of methoxy groups -OCH3 is 1. The number of carbonyl (C=O) groups is 3. The highest BCUT2D eigenvalue weighted by Gasteiger charge is 2.46. The average Bonchev–Trinajstić information content (AvgIpc) is 3.29. The molecule has 156 valence electrons. The SMILES string of the molecule is COc1ccc(N2C(=O)C[C@@H]([NH+]3CCC(CCN4CCCC4=O)CC3)C2=O)cc1. The molecule has 0 aliphatic carbocycles. The lowest BCUT2D eigenvalue weighted by molar-refractivity contribution is -0.920. The Morgan fingerprint density at radius 2 is 1.79 bits per heavy atom. The number of rotatable bonds is 6. The number of imide groups is 1. The molecule has 7 heteroatoms. The van der Waals surface area contributed by atoms with Crippen LogP contribution in [-0.4, -0.2) is 62.0 Å². The number of hydrogen-bond donors (Lipinski definition) is 1. The predicted molar refractivity (Wildman–Crippen MR) is 108 cm³/mol. The number of amides is 3. The van der Waals surface area contributed by atoms with E-state index in [0.717, 1.165) is 51.9 Å². The third kappa shape index (κ3) is 4.15. The van der Waals surface area contributed by atoms with Gasteiger partial charge in [-0.2, -0.15) is 0 Å². The summed E-state index contributed by atoms with van der Waals surface area (Å²) in [7, 11) is 1.59. The summed E-state index contributed by atoms with van der Waals surface area (Å²) in [6.45, 7) is 3.60. The van der Waals surface area contributed by atoms with Crippen molar-refractivity contribution in [2.45, 2.75) is 44.6 Å². The molecule has 1 atom stereocenters. The average molecular weight is 400 g/mol. The molecule has 0 spiro atoms. The van der Waals surface area contributed by atoms with E-state index in [0.29, 0.717) is 29.7 Å². The molecule has 1 N–H and O–H groups in total. The third-order valence-corrected chi connectivity index (χ3v) is 6.70. The van der Waals surface area contributed by atoms with Gasteiger partial charge in [-0.1, -0.05) is 0 Å². The van der Waals surface area contributed by atoms with Crippen LogP contribution in [0.15, 0.2) is 24.3 Å². The monoisotopic (exact) mass is 400 g/mol. The van der Waals surface area contributed by atoms with Crippen molar-refractivity contribution in [3.8, 4) is 5.75 Å². The van der Waals surface area contributed by atoms with Crippen LogP contribution in [0.4, 0.5) is 5.69 Å². The van der Waals surface area contributed by atoms with Crippen molar-refractivity contribution < 1.29 is 24.0 Å². The molecule has 0 radical (unpaired) electrons. The topological polar surface area (TPSA) is 71.4 Å². The van der Waals surface area contributed by atoms with Gasteiger partial charge in [-0.05, 0) is 55.9 Å². The fourth-order valence-corrected chi connectivity index (χ4v) is 4.92. The van der Waals surface area contributed by atoms with Crippen molar-refractivity contribution in [2.75, 3.05) is 38.2 Å². The second-order valence-corrected chi connectivity index (χ2v) is 8.40. The number of benzene rings is 1. The van der Waals surface area contributed by atoms with Crippen LogP contribution < -0.4 is 14.5 Å². The quantitative estimate of drug-likeness (QED) is 0.712. The third-order valence-electron chi connectivity index (χ3n) is 6.70. The molecule has 0 aromatic heterocycles. The Morgan fingerprint density at radius 1 is 1.07 bits per heavy atom. The Kier molecular flexibility index (Phi) is 5.85. The highest BCUT2D eigenvalue weighted by molar-refractivity contribution is 6.21. The highest BCUT2D eigenvalue weighted by atomic mass is 16.5. The van der Waals surface area contributed by atoms with Crippen LogP contribution in [0.25, 0.3) is 0 Å². The van der Waals surface area contributed by atoms with Gasteiger partial charge in [-0.3, -0.25) is 14.4 Å². The number of nitrogens with zero attached hydrogens (tertiary/aromatic N) is 2. The van der Waals surface area contributed by atoms with E-state index in [1.165, 1.54) is 9.80 Å². The summed E-state index contributed by atoms with van der Waals surface area (Å²) >= 11 is 0. The minimum absolute atomic E-state index is 0.0868. The summed E-state index contributed by atoms with van der Waals surface area (Å²) in [4.78, 5) is 41.9. The molecule has 3 aliphatic heterocycles. The van der Waals surface area contributed by atoms with Crippen LogP contribution >= 0.6 is 0 Å². The van der Waals surface area contributed by atoms with Gasteiger partial charge in [0.15, 0.2) is 6.04 Å². The van der Waals surface area contributed by atoms with Crippen molar-refractivity contribution >= 4 is 23.4 Å². The van der Waals surface area contributed by atoms with Gasteiger partial charge in [0.05, 0.1) is 32.3 Å². The van der Waals surface area contributed by atoms with E-state index in [1.807, 2.05) is 4.90 Å². The zero-order chi connectivity index (χ0) is 20.4. The van der Waals surface area contributed by atoms with Crippen LogP contribution in [-0.2, 0) is 14.4 Å². The summed E-state index contributed by atoms with van der Waals surface area (Å²) in [5, 5.41) is 0. The summed E-state index contributed by atoms with van der Waals surface area (Å²) in [5.41, 5.74) is 0.618. The fraction of sp³-hybridized carbons (Fsp3) is 0.591. The molecular formula is C22H30N3O4+. The Hall–Kier alpha value is -2.41. The fourth-order valence-electron chi connectivity index (χ4n) is 4.92.